The molecule has 18 heavy (non-hydrogen) atoms. The van der Waals surface area contributed by atoms with Crippen molar-refractivity contribution < 1.29 is 5.11 Å². The number of nitrogens with zero attached hydrogens (tertiary/aromatic N) is 1. The summed E-state index contributed by atoms with van der Waals surface area (Å²) in [5.41, 5.74) is 3.25. The maximum absolute atomic E-state index is 9.67. The summed E-state index contributed by atoms with van der Waals surface area (Å²) >= 11 is 0. The van der Waals surface area contributed by atoms with Gasteiger partial charge in [-0.15, -0.1) is 0 Å². The van der Waals surface area contributed by atoms with Crippen LogP contribution in [0.2, 0.25) is 0 Å². The second kappa shape index (κ2) is 4.47. The van der Waals surface area contributed by atoms with Crippen LogP contribution < -0.4 is 5.32 Å². The van der Waals surface area contributed by atoms with Crippen LogP contribution in [0.3, 0.4) is 0 Å². The van der Waals surface area contributed by atoms with Crippen LogP contribution in [0.25, 0.3) is 0 Å². The molecular formula is C15H22N2O. The standard InChI is InChI=1S/C15H22N2O/c1-10-8-15(18)11(2)7-14(10)16-12-5-6-17(9-12)13-3-4-13/h7-8,12-13,16,18H,3-6,9H2,1-2H3. The van der Waals surface area contributed by atoms with Crippen molar-refractivity contribution >= 4 is 5.69 Å². The van der Waals surface area contributed by atoms with E-state index in [0.29, 0.717) is 11.8 Å². The van der Waals surface area contributed by atoms with E-state index in [2.05, 4.69) is 23.2 Å². The summed E-state index contributed by atoms with van der Waals surface area (Å²) in [6.45, 7) is 6.41. The van der Waals surface area contributed by atoms with Gasteiger partial charge in [-0.05, 0) is 56.4 Å². The van der Waals surface area contributed by atoms with Crippen molar-refractivity contribution in [3.05, 3.63) is 23.3 Å². The molecule has 0 bridgehead atoms. The van der Waals surface area contributed by atoms with Crippen molar-refractivity contribution in [3.8, 4) is 5.75 Å². The summed E-state index contributed by atoms with van der Waals surface area (Å²) in [5, 5.41) is 13.3. The quantitative estimate of drug-likeness (QED) is 0.805. The van der Waals surface area contributed by atoms with E-state index in [4.69, 9.17) is 0 Å². The molecule has 1 aromatic carbocycles. The molecule has 1 atom stereocenters. The van der Waals surface area contributed by atoms with Crippen molar-refractivity contribution in [1.29, 1.82) is 0 Å². The van der Waals surface area contributed by atoms with Crippen LogP contribution in [-0.2, 0) is 0 Å². The lowest BCUT2D eigenvalue weighted by molar-refractivity contribution is 0.326. The highest BCUT2D eigenvalue weighted by atomic mass is 16.3. The van der Waals surface area contributed by atoms with Crippen LogP contribution >= 0.6 is 0 Å². The number of nitrogens with one attached hydrogen (secondary N) is 1. The average molecular weight is 246 g/mol. The topological polar surface area (TPSA) is 35.5 Å². The Balaban J connectivity index is 1.67. The van der Waals surface area contributed by atoms with Gasteiger partial charge in [0.15, 0.2) is 0 Å². The number of hydrogen-bond donors (Lipinski definition) is 2. The lowest BCUT2D eigenvalue weighted by Gasteiger charge is -2.18. The molecule has 3 rings (SSSR count). The van der Waals surface area contributed by atoms with Gasteiger partial charge in [-0.2, -0.15) is 0 Å². The van der Waals surface area contributed by atoms with Gasteiger partial charge >= 0.3 is 0 Å². The molecule has 98 valence electrons. The third kappa shape index (κ3) is 2.32. The fraction of sp³-hybridized carbons (Fsp3) is 0.600. The molecule has 2 N–H and O–H groups in total. The van der Waals surface area contributed by atoms with Crippen molar-refractivity contribution in [1.82, 2.24) is 4.90 Å². The molecule has 1 unspecified atom stereocenters. The van der Waals surface area contributed by atoms with Gasteiger partial charge in [0, 0.05) is 30.9 Å². The molecule has 1 aliphatic carbocycles. The molecule has 0 amide bonds. The van der Waals surface area contributed by atoms with Crippen LogP contribution in [0.15, 0.2) is 12.1 Å². The Morgan fingerprint density at radius 3 is 2.67 bits per heavy atom. The number of benzene rings is 1. The number of rotatable bonds is 3. The number of hydrogen-bond acceptors (Lipinski definition) is 3. The van der Waals surface area contributed by atoms with E-state index < -0.39 is 0 Å². The molecular weight excluding hydrogens is 224 g/mol. The molecule has 3 nitrogen and oxygen atoms in total. The molecule has 2 aliphatic rings. The highest BCUT2D eigenvalue weighted by Gasteiger charge is 2.34. The van der Waals surface area contributed by atoms with Crippen molar-refractivity contribution in [2.24, 2.45) is 0 Å². The summed E-state index contributed by atoms with van der Waals surface area (Å²) in [7, 11) is 0. The maximum atomic E-state index is 9.67. The van der Waals surface area contributed by atoms with Crippen molar-refractivity contribution in [2.75, 3.05) is 18.4 Å². The van der Waals surface area contributed by atoms with E-state index in [0.717, 1.165) is 17.2 Å². The Morgan fingerprint density at radius 2 is 1.94 bits per heavy atom. The molecule has 1 heterocycles. The van der Waals surface area contributed by atoms with Crippen molar-refractivity contribution in [3.63, 3.8) is 0 Å². The van der Waals surface area contributed by atoms with Crippen molar-refractivity contribution in [2.45, 2.75) is 45.2 Å². The summed E-state index contributed by atoms with van der Waals surface area (Å²) < 4.78 is 0. The van der Waals surface area contributed by atoms with E-state index in [-0.39, 0.29) is 0 Å². The molecule has 0 radical (unpaired) electrons. The van der Waals surface area contributed by atoms with Gasteiger partial charge in [-0.3, -0.25) is 4.90 Å². The molecule has 0 aromatic heterocycles. The minimum atomic E-state index is 0.393. The molecule has 1 saturated carbocycles. The van der Waals surface area contributed by atoms with Gasteiger partial charge in [0.2, 0.25) is 0 Å². The minimum absolute atomic E-state index is 0.393. The Kier molecular flexibility index (Phi) is 2.94. The fourth-order valence-corrected chi connectivity index (χ4v) is 2.85. The normalized spacial score (nSPS) is 24.4. The Labute approximate surface area is 109 Å². The first-order valence-corrected chi connectivity index (χ1v) is 6.94. The second-order valence-electron chi connectivity index (χ2n) is 5.81. The number of likely N-dealkylation sites (tertiary alicyclic amines) is 1. The van der Waals surface area contributed by atoms with Crippen LogP contribution in [0.5, 0.6) is 5.75 Å². The first kappa shape index (κ1) is 11.8. The van der Waals surface area contributed by atoms with Gasteiger partial charge in [0.25, 0.3) is 0 Å². The van der Waals surface area contributed by atoms with E-state index in [9.17, 15) is 5.11 Å². The fourth-order valence-electron chi connectivity index (χ4n) is 2.85. The van der Waals surface area contributed by atoms with E-state index >= 15 is 0 Å². The Morgan fingerprint density at radius 1 is 1.17 bits per heavy atom. The van der Waals surface area contributed by atoms with Crippen LogP contribution in [0.4, 0.5) is 5.69 Å². The number of aromatic hydroxyl groups is 1. The number of aryl methyl sites for hydroxylation is 2. The van der Waals surface area contributed by atoms with E-state index in [1.165, 1.54) is 38.0 Å². The average Bonchev–Trinajstić information content (AvgIpc) is 3.07. The lowest BCUT2D eigenvalue weighted by atomic mass is 10.1. The monoisotopic (exact) mass is 246 g/mol. The van der Waals surface area contributed by atoms with Gasteiger partial charge in [-0.1, -0.05) is 0 Å². The number of anilines is 1. The molecule has 1 aromatic rings. The van der Waals surface area contributed by atoms with Gasteiger partial charge in [0.05, 0.1) is 0 Å². The SMILES string of the molecule is Cc1cc(NC2CCN(C3CC3)C2)c(C)cc1O. The third-order valence-electron chi connectivity index (χ3n) is 4.19. The largest absolute Gasteiger partial charge is 0.508 e. The highest BCUT2D eigenvalue weighted by Crippen LogP contribution is 2.31. The Bertz CT molecular complexity index is 454. The summed E-state index contributed by atoms with van der Waals surface area (Å²) in [5.74, 6) is 0.393. The smallest absolute Gasteiger partial charge is 0.118 e. The zero-order valence-corrected chi connectivity index (χ0v) is 11.2. The summed E-state index contributed by atoms with van der Waals surface area (Å²) in [4.78, 5) is 2.61. The number of phenols is 1. The minimum Gasteiger partial charge on any atom is -0.508 e. The van der Waals surface area contributed by atoms with Crippen LogP contribution in [0.1, 0.15) is 30.4 Å². The first-order valence-electron chi connectivity index (χ1n) is 6.94. The zero-order valence-electron chi connectivity index (χ0n) is 11.2. The molecule has 3 heteroatoms. The molecule has 2 fully saturated rings. The maximum Gasteiger partial charge on any atom is 0.118 e. The van der Waals surface area contributed by atoms with Gasteiger partial charge < -0.3 is 10.4 Å². The molecule has 0 spiro atoms. The van der Waals surface area contributed by atoms with Crippen LogP contribution in [-0.4, -0.2) is 35.2 Å². The predicted octanol–water partition coefficient (Wildman–Crippen LogP) is 2.66. The summed E-state index contributed by atoms with van der Waals surface area (Å²) in [6.07, 6.45) is 4.02. The highest BCUT2D eigenvalue weighted by molar-refractivity contribution is 5.57. The van der Waals surface area contributed by atoms with Crippen LogP contribution in [0, 0.1) is 13.8 Å². The summed E-state index contributed by atoms with van der Waals surface area (Å²) in [6, 6.07) is 5.35. The molecule has 1 aliphatic heterocycles. The predicted molar refractivity (Wildman–Crippen MR) is 74.2 cm³/mol. The van der Waals surface area contributed by atoms with E-state index in [1.54, 1.807) is 0 Å². The second-order valence-corrected chi connectivity index (χ2v) is 5.81. The third-order valence-corrected chi connectivity index (χ3v) is 4.19. The van der Waals surface area contributed by atoms with E-state index in [1.807, 2.05) is 13.0 Å². The lowest BCUT2D eigenvalue weighted by Crippen LogP contribution is -2.27. The Hall–Kier alpha value is -1.22. The van der Waals surface area contributed by atoms with Gasteiger partial charge in [-0.25, -0.2) is 0 Å². The number of phenolic OH excluding ortho intramolecular Hbond substituents is 1. The first-order chi connectivity index (χ1) is 8.63. The zero-order chi connectivity index (χ0) is 12.7. The van der Waals surface area contributed by atoms with Gasteiger partial charge in [0.1, 0.15) is 5.75 Å². The molecule has 1 saturated heterocycles.